The minimum Gasteiger partial charge on any atom is -0.395 e. The molecule has 0 spiro atoms. The lowest BCUT2D eigenvalue weighted by molar-refractivity contribution is 0.301. The van der Waals surface area contributed by atoms with Crippen molar-refractivity contribution in [3.8, 4) is 0 Å². The smallest absolute Gasteiger partial charge is 0.222 e. The summed E-state index contributed by atoms with van der Waals surface area (Å²) in [7, 11) is 0. The van der Waals surface area contributed by atoms with Gasteiger partial charge in [0.15, 0.2) is 0 Å². The first-order valence-electron chi connectivity index (χ1n) is 6.20. The Bertz CT molecular complexity index is 510. The van der Waals surface area contributed by atoms with Gasteiger partial charge in [-0.1, -0.05) is 30.3 Å². The summed E-state index contributed by atoms with van der Waals surface area (Å²) in [6.07, 6.45) is 0. The van der Waals surface area contributed by atoms with Crippen LogP contribution in [0.1, 0.15) is 11.3 Å². The second-order valence-electron chi connectivity index (χ2n) is 4.36. The van der Waals surface area contributed by atoms with Gasteiger partial charge in [-0.15, -0.1) is 0 Å². The number of aromatic nitrogens is 2. The minimum absolute atomic E-state index is 0.0653. The van der Waals surface area contributed by atoms with Gasteiger partial charge in [0.05, 0.1) is 6.61 Å². The second kappa shape index (κ2) is 6.15. The zero-order chi connectivity index (χ0) is 13.7. The van der Waals surface area contributed by atoms with E-state index in [0.717, 1.165) is 17.1 Å². The Morgan fingerprint density at radius 3 is 2.58 bits per heavy atom. The van der Waals surface area contributed by atoms with Crippen LogP contribution < -0.4 is 10.6 Å². The third-order valence-electron chi connectivity index (χ3n) is 2.77. The van der Waals surface area contributed by atoms with Gasteiger partial charge in [0.25, 0.3) is 0 Å². The van der Waals surface area contributed by atoms with Crippen LogP contribution in [0.4, 0.5) is 11.8 Å². The molecule has 1 heterocycles. The summed E-state index contributed by atoms with van der Waals surface area (Å²) in [5.74, 6) is 0.994. The molecule has 0 unspecified atom stereocenters. The molecule has 1 aromatic carbocycles. The Morgan fingerprint density at radius 1 is 1.21 bits per heavy atom. The lowest BCUT2D eigenvalue weighted by atomic mass is 10.2. The van der Waals surface area contributed by atoms with Crippen molar-refractivity contribution >= 4 is 11.8 Å². The maximum atomic E-state index is 9.20. The zero-order valence-electron chi connectivity index (χ0n) is 11.0. The number of benzene rings is 1. The summed E-state index contributed by atoms with van der Waals surface area (Å²) in [6.45, 7) is 3.12. The molecule has 0 aliphatic carbocycles. The fourth-order valence-corrected chi connectivity index (χ4v) is 1.94. The molecule has 0 saturated heterocycles. The molecule has 19 heavy (non-hydrogen) atoms. The van der Waals surface area contributed by atoms with E-state index in [1.54, 1.807) is 0 Å². The molecule has 0 saturated carbocycles. The van der Waals surface area contributed by atoms with Crippen molar-refractivity contribution < 1.29 is 5.11 Å². The van der Waals surface area contributed by atoms with Crippen LogP contribution in [0.25, 0.3) is 0 Å². The van der Waals surface area contributed by atoms with E-state index >= 15 is 0 Å². The quantitative estimate of drug-likeness (QED) is 0.847. The molecule has 5 heteroatoms. The van der Waals surface area contributed by atoms with Crippen molar-refractivity contribution in [2.45, 2.75) is 13.5 Å². The highest BCUT2D eigenvalue weighted by Crippen LogP contribution is 2.16. The Hall–Kier alpha value is -2.14. The fraction of sp³-hybridized carbons (Fsp3) is 0.286. The van der Waals surface area contributed by atoms with Crippen molar-refractivity contribution in [2.24, 2.45) is 0 Å². The van der Waals surface area contributed by atoms with Crippen LogP contribution in [-0.2, 0) is 6.54 Å². The Morgan fingerprint density at radius 2 is 1.95 bits per heavy atom. The maximum absolute atomic E-state index is 9.20. The molecular weight excluding hydrogens is 240 g/mol. The molecular formula is C14H18N4O. The molecule has 0 aliphatic rings. The molecule has 3 N–H and O–H groups in total. The SMILES string of the molecule is Cc1cc(N(CCO)Cc2ccccc2)nc(N)n1. The highest BCUT2D eigenvalue weighted by atomic mass is 16.3. The van der Waals surface area contributed by atoms with E-state index in [1.807, 2.05) is 48.2 Å². The largest absolute Gasteiger partial charge is 0.395 e. The van der Waals surface area contributed by atoms with Crippen LogP contribution >= 0.6 is 0 Å². The molecule has 0 atom stereocenters. The Labute approximate surface area is 112 Å². The maximum Gasteiger partial charge on any atom is 0.222 e. The van der Waals surface area contributed by atoms with Gasteiger partial charge in [-0.25, -0.2) is 4.98 Å². The third kappa shape index (κ3) is 3.66. The lowest BCUT2D eigenvalue weighted by Gasteiger charge is -2.23. The first-order valence-corrected chi connectivity index (χ1v) is 6.20. The number of aliphatic hydroxyl groups is 1. The molecule has 5 nitrogen and oxygen atoms in total. The summed E-state index contributed by atoms with van der Waals surface area (Å²) in [4.78, 5) is 10.3. The van der Waals surface area contributed by atoms with Crippen LogP contribution in [0.15, 0.2) is 36.4 Å². The molecule has 0 aliphatic heterocycles. The predicted octanol–water partition coefficient (Wildman–Crippen LogP) is 1.37. The van der Waals surface area contributed by atoms with E-state index in [1.165, 1.54) is 0 Å². The first kappa shape index (κ1) is 13.3. The number of aliphatic hydroxyl groups excluding tert-OH is 1. The van der Waals surface area contributed by atoms with Gasteiger partial charge in [-0.05, 0) is 12.5 Å². The monoisotopic (exact) mass is 258 g/mol. The average Bonchev–Trinajstić information content (AvgIpc) is 2.38. The van der Waals surface area contributed by atoms with E-state index in [4.69, 9.17) is 5.73 Å². The molecule has 2 aromatic rings. The lowest BCUT2D eigenvalue weighted by Crippen LogP contribution is -2.27. The van der Waals surface area contributed by atoms with Crippen LogP contribution in [0.2, 0.25) is 0 Å². The molecule has 0 amide bonds. The van der Waals surface area contributed by atoms with Crippen molar-refractivity contribution in [1.29, 1.82) is 0 Å². The van der Waals surface area contributed by atoms with Crippen LogP contribution in [0, 0.1) is 6.92 Å². The van der Waals surface area contributed by atoms with Gasteiger partial charge in [-0.2, -0.15) is 4.98 Å². The van der Waals surface area contributed by atoms with E-state index in [9.17, 15) is 5.11 Å². The molecule has 2 rings (SSSR count). The van der Waals surface area contributed by atoms with E-state index < -0.39 is 0 Å². The highest BCUT2D eigenvalue weighted by molar-refractivity contribution is 5.44. The van der Waals surface area contributed by atoms with Gasteiger partial charge in [0.2, 0.25) is 5.95 Å². The number of nitrogen functional groups attached to an aromatic ring is 1. The Balaban J connectivity index is 2.24. The summed E-state index contributed by atoms with van der Waals surface area (Å²) >= 11 is 0. The standard InChI is InChI=1S/C14H18N4O/c1-11-9-13(17-14(15)16-11)18(7-8-19)10-12-5-3-2-4-6-12/h2-6,9,19H,7-8,10H2,1H3,(H2,15,16,17). The topological polar surface area (TPSA) is 75.3 Å². The van der Waals surface area contributed by atoms with Gasteiger partial charge in [0.1, 0.15) is 5.82 Å². The second-order valence-corrected chi connectivity index (χ2v) is 4.36. The van der Waals surface area contributed by atoms with Crippen molar-refractivity contribution in [2.75, 3.05) is 23.8 Å². The van der Waals surface area contributed by atoms with E-state index in [0.29, 0.717) is 13.1 Å². The number of rotatable bonds is 5. The van der Waals surface area contributed by atoms with Gasteiger partial charge in [-0.3, -0.25) is 0 Å². The van der Waals surface area contributed by atoms with Crippen LogP contribution in [0.5, 0.6) is 0 Å². The van der Waals surface area contributed by atoms with E-state index in [2.05, 4.69) is 9.97 Å². The zero-order valence-corrected chi connectivity index (χ0v) is 11.0. The number of nitrogens with zero attached hydrogens (tertiary/aromatic N) is 3. The summed E-state index contributed by atoms with van der Waals surface area (Å²) in [6, 6.07) is 11.9. The normalized spacial score (nSPS) is 10.4. The van der Waals surface area contributed by atoms with Crippen molar-refractivity contribution in [1.82, 2.24) is 9.97 Å². The minimum atomic E-state index is 0.0653. The number of hydrogen-bond acceptors (Lipinski definition) is 5. The summed E-state index contributed by atoms with van der Waals surface area (Å²) in [5, 5.41) is 9.20. The van der Waals surface area contributed by atoms with Crippen molar-refractivity contribution in [3.05, 3.63) is 47.7 Å². The number of aryl methyl sites for hydroxylation is 1. The fourth-order valence-electron chi connectivity index (χ4n) is 1.94. The van der Waals surface area contributed by atoms with Crippen molar-refractivity contribution in [3.63, 3.8) is 0 Å². The molecule has 0 bridgehead atoms. The number of anilines is 2. The highest BCUT2D eigenvalue weighted by Gasteiger charge is 2.10. The molecule has 0 radical (unpaired) electrons. The number of nitrogens with two attached hydrogens (primary N) is 1. The van der Waals surface area contributed by atoms with Crippen LogP contribution in [0.3, 0.4) is 0 Å². The third-order valence-corrected chi connectivity index (χ3v) is 2.77. The number of hydrogen-bond donors (Lipinski definition) is 2. The Kier molecular flexibility index (Phi) is 4.30. The average molecular weight is 258 g/mol. The predicted molar refractivity (Wildman–Crippen MR) is 75.8 cm³/mol. The molecule has 100 valence electrons. The van der Waals surface area contributed by atoms with Gasteiger partial charge in [0, 0.05) is 24.8 Å². The molecule has 0 fully saturated rings. The summed E-state index contributed by atoms with van der Waals surface area (Å²) in [5.41, 5.74) is 7.65. The summed E-state index contributed by atoms with van der Waals surface area (Å²) < 4.78 is 0. The van der Waals surface area contributed by atoms with Gasteiger partial charge >= 0.3 is 0 Å². The first-order chi connectivity index (χ1) is 9.19. The molecule has 1 aromatic heterocycles. The van der Waals surface area contributed by atoms with Gasteiger partial charge < -0.3 is 15.7 Å². The van der Waals surface area contributed by atoms with Crippen LogP contribution in [-0.4, -0.2) is 28.2 Å². The van der Waals surface area contributed by atoms with E-state index in [-0.39, 0.29) is 12.6 Å².